The molecule has 0 saturated carbocycles. The molecule has 0 atom stereocenters. The van der Waals surface area contributed by atoms with E-state index in [4.69, 9.17) is 22.9 Å². The van der Waals surface area contributed by atoms with Crippen molar-refractivity contribution in [2.24, 2.45) is 0 Å². The van der Waals surface area contributed by atoms with Crippen molar-refractivity contribution in [1.29, 1.82) is 0 Å². The second kappa shape index (κ2) is 7.19. The Morgan fingerprint density at radius 1 is 1.19 bits per heavy atom. The van der Waals surface area contributed by atoms with Gasteiger partial charge in [-0.2, -0.15) is 0 Å². The second-order valence-electron chi connectivity index (χ2n) is 5.31. The fraction of sp³-hybridized carbons (Fsp3) is 0.118. The van der Waals surface area contributed by atoms with E-state index in [0.717, 1.165) is 12.1 Å². The standard InChI is InChI=1S/C17H10ClF2NO3S2/c1-21-9-24-15-6-13(19)10(4-14(15)20)8-26(22,23)17-7-25-16-5-11(18)2-3-12(16)17/h2-7H,8-9H2. The normalized spacial score (nSPS) is 11.5. The summed E-state index contributed by atoms with van der Waals surface area (Å²) in [7, 11) is -3.91. The van der Waals surface area contributed by atoms with Crippen molar-refractivity contribution in [2.45, 2.75) is 10.6 Å². The molecule has 26 heavy (non-hydrogen) atoms. The summed E-state index contributed by atoms with van der Waals surface area (Å²) in [6.45, 7) is 6.13. The van der Waals surface area contributed by atoms with Crippen LogP contribution < -0.4 is 4.74 Å². The highest BCUT2D eigenvalue weighted by Gasteiger charge is 2.23. The molecule has 0 spiro atoms. The molecule has 0 aliphatic rings. The van der Waals surface area contributed by atoms with E-state index < -0.39 is 39.7 Å². The molecular formula is C17H10ClF2NO3S2. The highest BCUT2D eigenvalue weighted by Crippen LogP contribution is 2.34. The van der Waals surface area contributed by atoms with E-state index in [9.17, 15) is 17.2 Å². The number of hydrogen-bond donors (Lipinski definition) is 0. The Kier molecular flexibility index (Phi) is 5.14. The van der Waals surface area contributed by atoms with Gasteiger partial charge in [-0.1, -0.05) is 17.7 Å². The van der Waals surface area contributed by atoms with Gasteiger partial charge in [0.2, 0.25) is 0 Å². The number of fused-ring (bicyclic) bond motifs is 1. The van der Waals surface area contributed by atoms with Gasteiger partial charge < -0.3 is 4.74 Å². The first-order valence-corrected chi connectivity index (χ1v) is 10.1. The highest BCUT2D eigenvalue weighted by atomic mass is 35.5. The summed E-state index contributed by atoms with van der Waals surface area (Å²) in [4.78, 5) is 2.93. The zero-order valence-corrected chi connectivity index (χ0v) is 15.4. The number of hydrogen-bond acceptors (Lipinski definition) is 4. The molecule has 0 aliphatic heterocycles. The highest BCUT2D eigenvalue weighted by molar-refractivity contribution is 7.91. The number of halogens is 3. The van der Waals surface area contributed by atoms with Gasteiger partial charge >= 0.3 is 6.73 Å². The van der Waals surface area contributed by atoms with Crippen LogP contribution in [0.3, 0.4) is 0 Å². The average Bonchev–Trinajstić information content (AvgIpc) is 3.00. The molecule has 134 valence electrons. The first-order valence-electron chi connectivity index (χ1n) is 7.15. The maximum absolute atomic E-state index is 14.2. The minimum absolute atomic E-state index is 0.0438. The zero-order chi connectivity index (χ0) is 18.9. The van der Waals surface area contributed by atoms with Crippen molar-refractivity contribution < 1.29 is 21.9 Å². The monoisotopic (exact) mass is 413 g/mol. The zero-order valence-electron chi connectivity index (χ0n) is 13.0. The predicted molar refractivity (Wildman–Crippen MR) is 96.2 cm³/mol. The van der Waals surface area contributed by atoms with Crippen LogP contribution in [0.4, 0.5) is 8.78 Å². The van der Waals surface area contributed by atoms with Crippen molar-refractivity contribution in [3.05, 3.63) is 69.3 Å². The van der Waals surface area contributed by atoms with Gasteiger partial charge in [0, 0.05) is 32.1 Å². The summed E-state index contributed by atoms with van der Waals surface area (Å²) in [6, 6.07) is 6.32. The number of nitrogens with zero attached hydrogens (tertiary/aromatic N) is 1. The number of benzene rings is 2. The van der Waals surface area contributed by atoms with E-state index >= 15 is 0 Å². The summed E-state index contributed by atoms with van der Waals surface area (Å²) < 4.78 is 59.0. The lowest BCUT2D eigenvalue weighted by Gasteiger charge is -2.08. The third-order valence-corrected chi connectivity index (χ3v) is 6.60. The van der Waals surface area contributed by atoms with Crippen molar-refractivity contribution in [2.75, 3.05) is 6.73 Å². The van der Waals surface area contributed by atoms with Crippen LogP contribution in [0.5, 0.6) is 5.75 Å². The van der Waals surface area contributed by atoms with E-state index in [-0.39, 0.29) is 10.5 Å². The minimum atomic E-state index is -3.91. The molecule has 1 heterocycles. The Bertz CT molecular complexity index is 1140. The van der Waals surface area contributed by atoms with Gasteiger partial charge in [0.05, 0.1) is 10.6 Å². The predicted octanol–water partition coefficient (Wildman–Crippen LogP) is 5.06. The van der Waals surface area contributed by atoms with Crippen LogP contribution in [0.25, 0.3) is 14.9 Å². The fourth-order valence-corrected chi connectivity index (χ4v) is 5.59. The van der Waals surface area contributed by atoms with Gasteiger partial charge in [0.25, 0.3) is 0 Å². The Balaban J connectivity index is 1.97. The summed E-state index contributed by atoms with van der Waals surface area (Å²) in [5, 5.41) is 2.42. The molecule has 0 bridgehead atoms. The third-order valence-electron chi connectivity index (χ3n) is 3.57. The summed E-state index contributed by atoms with van der Waals surface area (Å²) in [5.41, 5.74) is -0.314. The van der Waals surface area contributed by atoms with E-state index in [1.807, 2.05) is 0 Å². The van der Waals surface area contributed by atoms with E-state index in [2.05, 4.69) is 4.85 Å². The van der Waals surface area contributed by atoms with E-state index in [1.165, 1.54) is 16.7 Å². The van der Waals surface area contributed by atoms with Crippen LogP contribution in [0.2, 0.25) is 5.02 Å². The van der Waals surface area contributed by atoms with Crippen LogP contribution >= 0.6 is 22.9 Å². The molecule has 0 unspecified atom stereocenters. The molecule has 2 aromatic carbocycles. The molecule has 1 aromatic heterocycles. The Labute approximate surface area is 157 Å². The molecule has 9 heteroatoms. The van der Waals surface area contributed by atoms with E-state index in [0.29, 0.717) is 15.1 Å². The van der Waals surface area contributed by atoms with Crippen LogP contribution in [0.1, 0.15) is 5.56 Å². The Hall–Kier alpha value is -2.21. The molecule has 3 rings (SSSR count). The van der Waals surface area contributed by atoms with Gasteiger partial charge in [-0.25, -0.2) is 23.8 Å². The van der Waals surface area contributed by atoms with Gasteiger partial charge in [0.1, 0.15) is 5.82 Å². The molecule has 0 fully saturated rings. The molecule has 0 amide bonds. The Morgan fingerprint density at radius 2 is 1.96 bits per heavy atom. The lowest BCUT2D eigenvalue weighted by Crippen LogP contribution is -2.07. The SMILES string of the molecule is [C-]#[N+]COc1cc(F)c(CS(=O)(=O)c2csc3cc(Cl)ccc23)cc1F. The van der Waals surface area contributed by atoms with Crippen molar-refractivity contribution in [1.82, 2.24) is 0 Å². The van der Waals surface area contributed by atoms with E-state index in [1.54, 1.807) is 18.2 Å². The summed E-state index contributed by atoms with van der Waals surface area (Å²) >= 11 is 7.10. The number of sulfone groups is 1. The molecule has 0 aliphatic carbocycles. The van der Waals surface area contributed by atoms with Gasteiger partial charge in [-0.05, 0) is 18.2 Å². The van der Waals surface area contributed by atoms with Crippen LogP contribution in [0, 0.1) is 18.2 Å². The summed E-state index contributed by atoms with van der Waals surface area (Å²) in [5.74, 6) is -2.98. The van der Waals surface area contributed by atoms with Crippen molar-refractivity contribution in [3.63, 3.8) is 0 Å². The average molecular weight is 414 g/mol. The molecule has 3 aromatic rings. The minimum Gasteiger partial charge on any atom is -0.423 e. The maximum Gasteiger partial charge on any atom is 0.357 e. The molecular weight excluding hydrogens is 404 g/mol. The lowest BCUT2D eigenvalue weighted by atomic mass is 10.2. The molecule has 0 N–H and O–H groups in total. The smallest absolute Gasteiger partial charge is 0.357 e. The van der Waals surface area contributed by atoms with Gasteiger partial charge in [0.15, 0.2) is 21.4 Å². The molecule has 4 nitrogen and oxygen atoms in total. The Morgan fingerprint density at radius 3 is 2.69 bits per heavy atom. The first-order chi connectivity index (χ1) is 12.3. The third kappa shape index (κ3) is 3.65. The van der Waals surface area contributed by atoms with Crippen LogP contribution in [-0.2, 0) is 15.6 Å². The quantitative estimate of drug-likeness (QED) is 0.549. The number of rotatable bonds is 5. The van der Waals surface area contributed by atoms with Crippen molar-refractivity contribution >= 4 is 42.9 Å². The molecule has 0 saturated heterocycles. The first kappa shape index (κ1) is 18.6. The van der Waals surface area contributed by atoms with Gasteiger partial charge in [-0.3, -0.25) is 4.85 Å². The molecule has 0 radical (unpaired) electrons. The van der Waals surface area contributed by atoms with Crippen LogP contribution in [0.15, 0.2) is 40.6 Å². The maximum atomic E-state index is 14.2. The summed E-state index contributed by atoms with van der Waals surface area (Å²) in [6.07, 6.45) is 0. The largest absolute Gasteiger partial charge is 0.423 e. The number of thiophene rings is 1. The number of ether oxygens (including phenoxy) is 1. The lowest BCUT2D eigenvalue weighted by molar-refractivity contribution is 0.337. The van der Waals surface area contributed by atoms with Crippen LogP contribution in [-0.4, -0.2) is 15.1 Å². The topological polar surface area (TPSA) is 47.7 Å². The second-order valence-corrected chi connectivity index (χ2v) is 8.61. The van der Waals surface area contributed by atoms with Crippen molar-refractivity contribution in [3.8, 4) is 5.75 Å². The fourth-order valence-electron chi connectivity index (χ4n) is 2.39. The van der Waals surface area contributed by atoms with Gasteiger partial charge in [-0.15, -0.1) is 11.3 Å².